The van der Waals surface area contributed by atoms with E-state index in [1.54, 1.807) is 0 Å². The minimum absolute atomic E-state index is 1.33. The fraction of sp³-hybridized carbons (Fsp3) is 0. The van der Waals surface area contributed by atoms with E-state index in [2.05, 4.69) is 72.8 Å². The highest BCUT2D eigenvalue weighted by Crippen LogP contribution is 2.27. The van der Waals surface area contributed by atoms with Crippen LogP contribution in [0.5, 0.6) is 0 Å². The van der Waals surface area contributed by atoms with Crippen LogP contribution in [0.2, 0.25) is 0 Å². The maximum Gasteiger partial charge on any atom is -0.00986 e. The SMILES string of the molecule is C1=c2cc3c(cc2-c2ccccc21)=c1ccccc1=C3. The molecule has 2 aliphatic carbocycles. The first-order valence-electron chi connectivity index (χ1n) is 6.96. The summed E-state index contributed by atoms with van der Waals surface area (Å²) >= 11 is 0. The molecule has 0 heterocycles. The third kappa shape index (κ3) is 1.21. The summed E-state index contributed by atoms with van der Waals surface area (Å²) in [5.74, 6) is 0. The van der Waals surface area contributed by atoms with Gasteiger partial charge in [0.05, 0.1) is 0 Å². The molecule has 20 heavy (non-hydrogen) atoms. The van der Waals surface area contributed by atoms with Crippen molar-refractivity contribution in [1.82, 2.24) is 0 Å². The van der Waals surface area contributed by atoms with Crippen molar-refractivity contribution >= 4 is 12.2 Å². The van der Waals surface area contributed by atoms with Gasteiger partial charge in [-0.25, -0.2) is 0 Å². The number of fused-ring (bicyclic) bond motifs is 5. The van der Waals surface area contributed by atoms with Crippen LogP contribution >= 0.6 is 0 Å². The lowest BCUT2D eigenvalue weighted by atomic mass is 10.0. The van der Waals surface area contributed by atoms with E-state index in [0.29, 0.717) is 0 Å². The molecule has 0 saturated carbocycles. The van der Waals surface area contributed by atoms with Crippen LogP contribution in [0.25, 0.3) is 23.3 Å². The van der Waals surface area contributed by atoms with E-state index < -0.39 is 0 Å². The Morgan fingerprint density at radius 1 is 0.500 bits per heavy atom. The van der Waals surface area contributed by atoms with Crippen LogP contribution in [0.3, 0.4) is 0 Å². The van der Waals surface area contributed by atoms with Crippen molar-refractivity contribution in [3.8, 4) is 11.1 Å². The van der Waals surface area contributed by atoms with Crippen molar-refractivity contribution in [2.24, 2.45) is 0 Å². The van der Waals surface area contributed by atoms with Gasteiger partial charge in [-0.3, -0.25) is 0 Å². The molecule has 0 heteroatoms. The van der Waals surface area contributed by atoms with Crippen molar-refractivity contribution in [3.63, 3.8) is 0 Å². The van der Waals surface area contributed by atoms with Gasteiger partial charge in [-0.1, -0.05) is 48.5 Å². The molecule has 0 nitrogen and oxygen atoms in total. The normalized spacial score (nSPS) is 12.8. The Labute approximate surface area is 116 Å². The maximum atomic E-state index is 2.36. The molecule has 0 N–H and O–H groups in total. The van der Waals surface area contributed by atoms with Gasteiger partial charge in [0.15, 0.2) is 0 Å². The summed E-state index contributed by atoms with van der Waals surface area (Å²) in [5, 5.41) is 5.40. The molecule has 0 unspecified atom stereocenters. The van der Waals surface area contributed by atoms with E-state index in [4.69, 9.17) is 0 Å². The molecule has 0 atom stereocenters. The predicted octanol–water partition coefficient (Wildman–Crippen LogP) is 2.92. The summed E-state index contributed by atoms with van der Waals surface area (Å²) in [7, 11) is 0. The summed E-state index contributed by atoms with van der Waals surface area (Å²) in [6.45, 7) is 0. The first-order chi connectivity index (χ1) is 9.90. The summed E-state index contributed by atoms with van der Waals surface area (Å²) in [5.41, 5.74) is 5.40. The molecule has 3 aromatic rings. The van der Waals surface area contributed by atoms with E-state index in [0.717, 1.165) is 0 Å². The number of hydrogen-bond acceptors (Lipinski definition) is 0. The van der Waals surface area contributed by atoms with Gasteiger partial charge in [-0.05, 0) is 67.4 Å². The van der Waals surface area contributed by atoms with Gasteiger partial charge in [0.25, 0.3) is 0 Å². The minimum atomic E-state index is 1.33. The number of rotatable bonds is 0. The van der Waals surface area contributed by atoms with Gasteiger partial charge >= 0.3 is 0 Å². The Balaban J connectivity index is 1.98. The predicted molar refractivity (Wildman–Crippen MR) is 82.4 cm³/mol. The van der Waals surface area contributed by atoms with Gasteiger partial charge in [-0.15, -0.1) is 0 Å². The van der Waals surface area contributed by atoms with Crippen LogP contribution in [0.1, 0.15) is 11.1 Å². The van der Waals surface area contributed by atoms with Crippen LogP contribution in [-0.4, -0.2) is 0 Å². The molecule has 2 aliphatic rings. The molecule has 3 aromatic carbocycles. The van der Waals surface area contributed by atoms with E-state index in [1.807, 2.05) is 0 Å². The lowest BCUT2D eigenvalue weighted by Gasteiger charge is -2.01. The molecule has 92 valence electrons. The van der Waals surface area contributed by atoms with E-state index in [-0.39, 0.29) is 0 Å². The molecule has 0 aliphatic heterocycles. The van der Waals surface area contributed by atoms with Crippen molar-refractivity contribution in [2.45, 2.75) is 0 Å². The van der Waals surface area contributed by atoms with Crippen molar-refractivity contribution < 1.29 is 0 Å². The topological polar surface area (TPSA) is 0 Å². The van der Waals surface area contributed by atoms with Crippen molar-refractivity contribution in [2.75, 3.05) is 0 Å². The summed E-state index contributed by atoms with van der Waals surface area (Å²) in [6, 6.07) is 22.0. The molecule has 5 rings (SSSR count). The summed E-state index contributed by atoms with van der Waals surface area (Å²) in [4.78, 5) is 0. The summed E-state index contributed by atoms with van der Waals surface area (Å²) < 4.78 is 0. The first-order valence-corrected chi connectivity index (χ1v) is 6.96. The Bertz CT molecular complexity index is 1090. The molecule has 0 bridgehead atoms. The molecular weight excluding hydrogens is 240 g/mol. The Hall–Kier alpha value is -2.60. The lowest BCUT2D eigenvalue weighted by Crippen LogP contribution is -2.01. The average molecular weight is 252 g/mol. The fourth-order valence-corrected chi connectivity index (χ4v) is 3.41. The lowest BCUT2D eigenvalue weighted by molar-refractivity contribution is 1.47. The maximum absolute atomic E-state index is 2.36. The van der Waals surface area contributed by atoms with Gasteiger partial charge in [0.1, 0.15) is 0 Å². The largest absolute Gasteiger partial charge is 0.0616 e. The van der Waals surface area contributed by atoms with Gasteiger partial charge in [-0.2, -0.15) is 0 Å². The molecule has 0 saturated heterocycles. The van der Waals surface area contributed by atoms with Crippen LogP contribution in [0.15, 0.2) is 60.7 Å². The van der Waals surface area contributed by atoms with E-state index >= 15 is 0 Å². The highest BCUT2D eigenvalue weighted by atomic mass is 14.2. The molecule has 0 amide bonds. The van der Waals surface area contributed by atoms with Crippen LogP contribution < -0.4 is 10.4 Å². The van der Waals surface area contributed by atoms with Crippen molar-refractivity contribution in [1.29, 1.82) is 0 Å². The smallest absolute Gasteiger partial charge is 0.00986 e. The van der Waals surface area contributed by atoms with Crippen LogP contribution in [-0.2, 0) is 0 Å². The second-order valence-corrected chi connectivity index (χ2v) is 5.49. The van der Waals surface area contributed by atoms with Crippen molar-refractivity contribution in [3.05, 3.63) is 92.7 Å². The summed E-state index contributed by atoms with van der Waals surface area (Å²) in [6.07, 6.45) is 4.59. The van der Waals surface area contributed by atoms with Gasteiger partial charge in [0, 0.05) is 0 Å². The van der Waals surface area contributed by atoms with Crippen LogP contribution in [0, 0.1) is 10.4 Å². The Morgan fingerprint density at radius 3 is 2.30 bits per heavy atom. The zero-order chi connectivity index (χ0) is 13.1. The number of benzene rings is 3. The standard InChI is InChI=1S/C20H12/c1-3-7-17-13(5-1)9-15-11-16-10-14-6-2-4-8-18(14)20(16)12-19(15)17/h1-12H. The zero-order valence-electron chi connectivity index (χ0n) is 10.9. The van der Waals surface area contributed by atoms with Gasteiger partial charge < -0.3 is 0 Å². The average Bonchev–Trinajstić information content (AvgIpc) is 3.02. The highest BCUT2D eigenvalue weighted by Gasteiger charge is 2.13. The van der Waals surface area contributed by atoms with Gasteiger partial charge in [0.2, 0.25) is 0 Å². The third-order valence-corrected chi connectivity index (χ3v) is 4.35. The highest BCUT2D eigenvalue weighted by molar-refractivity contribution is 5.83. The second kappa shape index (κ2) is 3.49. The Kier molecular flexibility index (Phi) is 1.78. The molecular formula is C20H12. The zero-order valence-corrected chi connectivity index (χ0v) is 10.9. The number of hydrogen-bond donors (Lipinski definition) is 0. The second-order valence-electron chi connectivity index (χ2n) is 5.49. The quantitative estimate of drug-likeness (QED) is 0.397. The van der Waals surface area contributed by atoms with E-state index in [9.17, 15) is 0 Å². The van der Waals surface area contributed by atoms with E-state index in [1.165, 1.54) is 43.1 Å². The molecule has 0 aromatic heterocycles. The first kappa shape index (κ1) is 10.2. The fourth-order valence-electron chi connectivity index (χ4n) is 3.41. The third-order valence-electron chi connectivity index (χ3n) is 4.35. The van der Waals surface area contributed by atoms with Crippen LogP contribution in [0.4, 0.5) is 0 Å². The monoisotopic (exact) mass is 252 g/mol. The molecule has 0 spiro atoms. The minimum Gasteiger partial charge on any atom is -0.0616 e. The molecule has 0 radical (unpaired) electrons. The molecule has 0 fully saturated rings. The Morgan fingerprint density at radius 2 is 1.30 bits per heavy atom.